The highest BCUT2D eigenvalue weighted by Crippen LogP contribution is 2.38. The van der Waals surface area contributed by atoms with Crippen molar-refractivity contribution >= 4 is 28.8 Å². The van der Waals surface area contributed by atoms with Gasteiger partial charge in [-0.15, -0.1) is 0 Å². The lowest BCUT2D eigenvalue weighted by molar-refractivity contribution is -0.151. The second-order valence-electron chi connectivity index (χ2n) is 5.89. The van der Waals surface area contributed by atoms with Crippen LogP contribution in [0.15, 0.2) is 22.6 Å². The standard InChI is InChI=1S/C17H17FN2O6/c1-17(16(23)24)8-25-13-10-6-9(18)4-5-11(10)26-14(13)15(22)20(17)7-12(21)19(2)3/h4-6H,7-8H2,1-3H3,(H,23,24)/t17-/m1/s1/i2D3,3D3. The van der Waals surface area contributed by atoms with E-state index in [4.69, 9.17) is 17.4 Å². The third kappa shape index (κ3) is 2.65. The molecule has 2 heterocycles. The number of benzene rings is 1. The molecule has 138 valence electrons. The van der Waals surface area contributed by atoms with Crippen molar-refractivity contribution in [1.82, 2.24) is 9.80 Å². The van der Waals surface area contributed by atoms with Crippen molar-refractivity contribution in [2.75, 3.05) is 27.1 Å². The molecule has 1 aliphatic heterocycles. The van der Waals surface area contributed by atoms with Gasteiger partial charge in [0.1, 0.15) is 24.6 Å². The summed E-state index contributed by atoms with van der Waals surface area (Å²) in [6.07, 6.45) is 0. The Morgan fingerprint density at radius 3 is 2.85 bits per heavy atom. The number of amides is 2. The van der Waals surface area contributed by atoms with Crippen LogP contribution in [-0.2, 0) is 9.59 Å². The van der Waals surface area contributed by atoms with Gasteiger partial charge in [-0.2, -0.15) is 0 Å². The third-order valence-corrected chi connectivity index (χ3v) is 4.14. The molecule has 2 aromatic rings. The maximum Gasteiger partial charge on any atom is 0.332 e. The van der Waals surface area contributed by atoms with Crippen molar-refractivity contribution < 1.29 is 41.3 Å². The fourth-order valence-corrected chi connectivity index (χ4v) is 2.60. The molecule has 0 radical (unpaired) electrons. The van der Waals surface area contributed by atoms with E-state index in [9.17, 15) is 23.9 Å². The van der Waals surface area contributed by atoms with E-state index in [0.29, 0.717) is 4.90 Å². The van der Waals surface area contributed by atoms with Gasteiger partial charge in [0.2, 0.25) is 11.7 Å². The van der Waals surface area contributed by atoms with Crippen LogP contribution >= 0.6 is 0 Å². The molecule has 3 rings (SSSR count). The molecule has 2 amide bonds. The van der Waals surface area contributed by atoms with Crippen LogP contribution in [0.25, 0.3) is 11.0 Å². The Labute approximate surface area is 156 Å². The van der Waals surface area contributed by atoms with Gasteiger partial charge in [0.15, 0.2) is 11.3 Å². The van der Waals surface area contributed by atoms with Gasteiger partial charge in [-0.25, -0.2) is 9.18 Å². The second kappa shape index (κ2) is 6.01. The molecule has 0 aliphatic carbocycles. The number of nitrogens with zero attached hydrogens (tertiary/aromatic N) is 2. The van der Waals surface area contributed by atoms with Gasteiger partial charge in [0, 0.05) is 22.2 Å². The summed E-state index contributed by atoms with van der Waals surface area (Å²) in [6.45, 7) is -7.69. The predicted molar refractivity (Wildman–Crippen MR) is 87.4 cm³/mol. The number of hydrogen-bond acceptors (Lipinski definition) is 5. The smallest absolute Gasteiger partial charge is 0.332 e. The highest BCUT2D eigenvalue weighted by Gasteiger charge is 2.49. The molecule has 1 aromatic carbocycles. The average Bonchev–Trinajstić information content (AvgIpc) is 2.94. The fraction of sp³-hybridized carbons (Fsp3) is 0.353. The van der Waals surface area contributed by atoms with Crippen molar-refractivity contribution in [3.8, 4) is 5.75 Å². The Bertz CT molecular complexity index is 1100. The first-order valence-electron chi connectivity index (χ1n) is 10.3. The van der Waals surface area contributed by atoms with Gasteiger partial charge < -0.3 is 24.1 Å². The molecule has 0 bridgehead atoms. The minimum atomic E-state index is -3.39. The number of carbonyl (C=O) groups is 3. The number of carboxylic acids is 1. The number of aliphatic carboxylic acids is 1. The molecule has 0 fully saturated rings. The second-order valence-corrected chi connectivity index (χ2v) is 5.89. The summed E-state index contributed by atoms with van der Waals surface area (Å²) in [5.74, 6) is -5.82. The van der Waals surface area contributed by atoms with Crippen LogP contribution in [0.3, 0.4) is 0 Å². The Morgan fingerprint density at radius 1 is 1.46 bits per heavy atom. The molecule has 1 aliphatic rings. The highest BCUT2D eigenvalue weighted by atomic mass is 19.1. The maximum absolute atomic E-state index is 13.7. The van der Waals surface area contributed by atoms with E-state index in [-0.39, 0.29) is 21.6 Å². The molecule has 0 unspecified atom stereocenters. The topological polar surface area (TPSA) is 100 Å². The van der Waals surface area contributed by atoms with Crippen LogP contribution in [-0.4, -0.2) is 65.3 Å². The number of halogens is 1. The number of carbonyl (C=O) groups excluding carboxylic acids is 2. The molecule has 0 saturated carbocycles. The number of rotatable bonds is 3. The van der Waals surface area contributed by atoms with Gasteiger partial charge in [-0.1, -0.05) is 0 Å². The number of hydrogen-bond donors (Lipinski definition) is 1. The molecule has 1 aromatic heterocycles. The lowest BCUT2D eigenvalue weighted by Crippen LogP contribution is -2.59. The van der Waals surface area contributed by atoms with Crippen molar-refractivity contribution in [1.29, 1.82) is 0 Å². The van der Waals surface area contributed by atoms with Gasteiger partial charge in [0.25, 0.3) is 5.91 Å². The van der Waals surface area contributed by atoms with E-state index in [0.717, 1.165) is 19.1 Å². The van der Waals surface area contributed by atoms with Crippen molar-refractivity contribution in [2.45, 2.75) is 12.5 Å². The minimum absolute atomic E-state index is 0.0425. The summed E-state index contributed by atoms with van der Waals surface area (Å²) in [5, 5.41) is 9.79. The number of fused-ring (bicyclic) bond motifs is 3. The quantitative estimate of drug-likeness (QED) is 0.875. The van der Waals surface area contributed by atoms with Crippen LogP contribution < -0.4 is 4.74 Å². The molecule has 1 N–H and O–H groups in total. The Morgan fingerprint density at radius 2 is 2.19 bits per heavy atom. The molecule has 8 nitrogen and oxygen atoms in total. The summed E-state index contributed by atoms with van der Waals surface area (Å²) < 4.78 is 68.7. The molecular formula is C17H17FN2O6. The Balaban J connectivity index is 2.11. The van der Waals surface area contributed by atoms with E-state index in [2.05, 4.69) is 0 Å². The van der Waals surface area contributed by atoms with Crippen molar-refractivity contribution in [3.05, 3.63) is 29.8 Å². The summed E-state index contributed by atoms with van der Waals surface area (Å²) in [5.41, 5.74) is -2.18. The Hall–Kier alpha value is -3.10. The first-order chi connectivity index (χ1) is 14.6. The highest BCUT2D eigenvalue weighted by molar-refractivity contribution is 6.05. The minimum Gasteiger partial charge on any atom is -0.486 e. The van der Waals surface area contributed by atoms with Gasteiger partial charge >= 0.3 is 5.97 Å². The molecule has 0 spiro atoms. The van der Waals surface area contributed by atoms with Crippen molar-refractivity contribution in [3.63, 3.8) is 0 Å². The zero-order chi connectivity index (χ0) is 24.2. The summed E-state index contributed by atoms with van der Waals surface area (Å²) in [4.78, 5) is 38.0. The molecule has 9 heteroatoms. The summed E-state index contributed by atoms with van der Waals surface area (Å²) >= 11 is 0. The molecule has 26 heavy (non-hydrogen) atoms. The lowest BCUT2D eigenvalue weighted by Gasteiger charge is -2.35. The Kier molecular flexibility index (Phi) is 2.66. The van der Waals surface area contributed by atoms with E-state index in [1.165, 1.54) is 6.07 Å². The largest absolute Gasteiger partial charge is 0.486 e. The van der Waals surface area contributed by atoms with Crippen LogP contribution in [0.1, 0.15) is 25.7 Å². The van der Waals surface area contributed by atoms with Gasteiger partial charge in [0.05, 0.1) is 5.39 Å². The third-order valence-electron chi connectivity index (χ3n) is 4.14. The van der Waals surface area contributed by atoms with Crippen LogP contribution in [0.5, 0.6) is 5.75 Å². The number of likely N-dealkylation sites (N-methyl/N-ethyl adjacent to an activating group) is 1. The van der Waals surface area contributed by atoms with E-state index in [1.54, 1.807) is 0 Å². The first-order valence-corrected chi connectivity index (χ1v) is 7.31. The SMILES string of the molecule is [2H]C([2H])([2H])N(C(=O)CN1C(=O)c2oc3ccc(F)cc3c2OC[C@]1(C)C(=O)O)C([2H])([2H])[2H]. The zero-order valence-corrected chi connectivity index (χ0v) is 13.4. The number of furan rings is 1. The number of ether oxygens (including phenoxy) is 1. The van der Waals surface area contributed by atoms with Crippen LogP contribution in [0.4, 0.5) is 4.39 Å². The van der Waals surface area contributed by atoms with Crippen LogP contribution in [0.2, 0.25) is 0 Å². The fourth-order valence-electron chi connectivity index (χ4n) is 2.60. The normalized spacial score (nSPS) is 24.1. The van der Waals surface area contributed by atoms with Gasteiger partial charge in [-0.3, -0.25) is 9.59 Å². The average molecular weight is 370 g/mol. The first kappa shape index (κ1) is 11.5. The summed E-state index contributed by atoms with van der Waals surface area (Å²) in [7, 11) is 0. The van der Waals surface area contributed by atoms with E-state index < -0.39 is 62.0 Å². The van der Waals surface area contributed by atoms with Crippen LogP contribution in [0, 0.1) is 5.82 Å². The zero-order valence-electron chi connectivity index (χ0n) is 19.4. The lowest BCUT2D eigenvalue weighted by atomic mass is 10.0. The monoisotopic (exact) mass is 370 g/mol. The molecule has 0 saturated heterocycles. The van der Waals surface area contributed by atoms with E-state index in [1.807, 2.05) is 0 Å². The maximum atomic E-state index is 13.7. The van der Waals surface area contributed by atoms with Crippen molar-refractivity contribution in [2.24, 2.45) is 0 Å². The predicted octanol–water partition coefficient (Wildman–Crippen LogP) is 1.34. The number of carboxylic acid groups (broad SMARTS) is 1. The molecule has 1 atom stereocenters. The summed E-state index contributed by atoms with van der Waals surface area (Å²) in [6, 6.07) is 3.28. The van der Waals surface area contributed by atoms with E-state index >= 15 is 0 Å². The molecular weight excluding hydrogens is 347 g/mol. The van der Waals surface area contributed by atoms with Gasteiger partial charge in [-0.05, 0) is 25.1 Å².